The van der Waals surface area contributed by atoms with E-state index in [4.69, 9.17) is 5.11 Å². The molecule has 0 unspecified atom stereocenters. The van der Waals surface area contributed by atoms with Crippen LogP contribution in [0.4, 0.5) is 5.69 Å². The number of carboxylic acid groups (broad SMARTS) is 1. The third-order valence-electron chi connectivity index (χ3n) is 3.18. The molecule has 1 aromatic heterocycles. The summed E-state index contributed by atoms with van der Waals surface area (Å²) in [4.78, 5) is 14.9. The van der Waals surface area contributed by atoms with E-state index in [1.54, 1.807) is 19.1 Å². The number of hydrogen-bond donors (Lipinski definition) is 4. The van der Waals surface area contributed by atoms with Gasteiger partial charge < -0.3 is 20.6 Å². The zero-order chi connectivity index (χ0) is 15.4. The van der Waals surface area contributed by atoms with Gasteiger partial charge in [0.15, 0.2) is 0 Å². The predicted molar refractivity (Wildman–Crippen MR) is 77.3 cm³/mol. The number of aliphatic hydroxyl groups is 1. The summed E-state index contributed by atoms with van der Waals surface area (Å²) in [5.41, 5.74) is 2.35. The van der Waals surface area contributed by atoms with Crippen LogP contribution in [-0.2, 0) is 13.2 Å². The maximum atomic E-state index is 10.9. The van der Waals surface area contributed by atoms with Gasteiger partial charge in [-0.3, -0.25) is 4.98 Å². The summed E-state index contributed by atoms with van der Waals surface area (Å²) in [6.45, 7) is 1.70. The number of carbonyl (C=O) groups is 1. The maximum Gasteiger partial charge on any atom is 0.335 e. The first-order valence-electron chi connectivity index (χ1n) is 6.37. The molecule has 1 aromatic carbocycles. The van der Waals surface area contributed by atoms with Crippen LogP contribution in [-0.4, -0.2) is 26.3 Å². The fourth-order valence-electron chi connectivity index (χ4n) is 1.97. The van der Waals surface area contributed by atoms with Crippen LogP contribution in [0.1, 0.15) is 27.2 Å². The number of nitrogens with one attached hydrogen (secondary N) is 1. The maximum absolute atomic E-state index is 10.9. The molecule has 2 aromatic rings. The second-order valence-corrected chi connectivity index (χ2v) is 4.59. The van der Waals surface area contributed by atoms with Gasteiger partial charge in [0.1, 0.15) is 5.75 Å². The van der Waals surface area contributed by atoms with Crippen LogP contribution in [0, 0.1) is 6.92 Å². The molecule has 0 aliphatic rings. The number of aromatic carboxylic acids is 1. The van der Waals surface area contributed by atoms with Crippen LogP contribution in [0.25, 0.3) is 0 Å². The largest absolute Gasteiger partial charge is 0.506 e. The van der Waals surface area contributed by atoms with Crippen LogP contribution in [0.3, 0.4) is 0 Å². The number of nitrogens with zero attached hydrogens (tertiary/aromatic N) is 1. The fourth-order valence-corrected chi connectivity index (χ4v) is 1.97. The van der Waals surface area contributed by atoms with E-state index < -0.39 is 5.97 Å². The summed E-state index contributed by atoms with van der Waals surface area (Å²) in [5, 5.41) is 31.3. The SMILES string of the molecule is Cc1ncc(CO)c(CNc2cccc(C(=O)O)c2)c1O. The molecule has 0 amide bonds. The minimum absolute atomic E-state index is 0.0310. The highest BCUT2D eigenvalue weighted by molar-refractivity contribution is 5.88. The molecule has 21 heavy (non-hydrogen) atoms. The van der Waals surface area contributed by atoms with E-state index in [9.17, 15) is 15.0 Å². The first-order valence-corrected chi connectivity index (χ1v) is 6.37. The zero-order valence-corrected chi connectivity index (χ0v) is 11.5. The minimum atomic E-state index is -1.00. The van der Waals surface area contributed by atoms with E-state index in [0.29, 0.717) is 22.5 Å². The monoisotopic (exact) mass is 288 g/mol. The van der Waals surface area contributed by atoms with Crippen molar-refractivity contribution in [3.63, 3.8) is 0 Å². The Labute approximate surface area is 121 Å². The van der Waals surface area contributed by atoms with Gasteiger partial charge in [0.05, 0.1) is 17.9 Å². The molecule has 1 heterocycles. The Hall–Kier alpha value is -2.60. The highest BCUT2D eigenvalue weighted by Gasteiger charge is 2.11. The lowest BCUT2D eigenvalue weighted by Gasteiger charge is -2.13. The molecule has 0 saturated heterocycles. The van der Waals surface area contributed by atoms with Gasteiger partial charge in [-0.2, -0.15) is 0 Å². The Morgan fingerprint density at radius 2 is 2.14 bits per heavy atom. The molecular formula is C15H16N2O4. The number of pyridine rings is 1. The highest BCUT2D eigenvalue weighted by Crippen LogP contribution is 2.25. The normalized spacial score (nSPS) is 10.4. The van der Waals surface area contributed by atoms with Gasteiger partial charge in [-0.05, 0) is 25.1 Å². The highest BCUT2D eigenvalue weighted by atomic mass is 16.4. The molecule has 110 valence electrons. The Morgan fingerprint density at radius 3 is 2.81 bits per heavy atom. The van der Waals surface area contributed by atoms with Crippen LogP contribution in [0.15, 0.2) is 30.5 Å². The van der Waals surface area contributed by atoms with E-state index in [2.05, 4.69) is 10.3 Å². The molecule has 4 N–H and O–H groups in total. The molecule has 0 bridgehead atoms. The quantitative estimate of drug-likeness (QED) is 0.670. The second-order valence-electron chi connectivity index (χ2n) is 4.59. The van der Waals surface area contributed by atoms with Gasteiger partial charge in [-0.15, -0.1) is 0 Å². The number of anilines is 1. The summed E-state index contributed by atoms with van der Waals surface area (Å²) < 4.78 is 0. The van der Waals surface area contributed by atoms with Gasteiger partial charge in [-0.25, -0.2) is 4.79 Å². The molecule has 0 spiro atoms. The van der Waals surface area contributed by atoms with Crippen LogP contribution in [0.5, 0.6) is 5.75 Å². The molecule has 0 atom stereocenters. The number of aromatic nitrogens is 1. The average molecular weight is 288 g/mol. The van der Waals surface area contributed by atoms with Crippen molar-refractivity contribution in [3.8, 4) is 5.75 Å². The number of aryl methyl sites for hydroxylation is 1. The third kappa shape index (κ3) is 3.29. The molecule has 6 nitrogen and oxygen atoms in total. The number of benzene rings is 1. The Kier molecular flexibility index (Phi) is 4.39. The first-order chi connectivity index (χ1) is 10.0. The summed E-state index contributed by atoms with van der Waals surface area (Å²) in [7, 11) is 0. The summed E-state index contributed by atoms with van der Waals surface area (Å²) >= 11 is 0. The number of hydrogen-bond acceptors (Lipinski definition) is 5. The Balaban J connectivity index is 2.22. The van der Waals surface area contributed by atoms with Gasteiger partial charge in [0.25, 0.3) is 0 Å². The van der Waals surface area contributed by atoms with Crippen molar-refractivity contribution in [1.29, 1.82) is 0 Å². The second kappa shape index (κ2) is 6.23. The number of rotatable bonds is 5. The van der Waals surface area contributed by atoms with Crippen LogP contribution >= 0.6 is 0 Å². The zero-order valence-electron chi connectivity index (χ0n) is 11.5. The number of carboxylic acids is 1. The first kappa shape index (κ1) is 14.8. The summed E-state index contributed by atoms with van der Waals surface area (Å²) in [5.74, 6) is -0.972. The van der Waals surface area contributed by atoms with E-state index in [-0.39, 0.29) is 24.5 Å². The Bertz CT molecular complexity index is 671. The molecule has 0 radical (unpaired) electrons. The smallest absolute Gasteiger partial charge is 0.335 e. The molecule has 2 rings (SSSR count). The van der Waals surface area contributed by atoms with Crippen molar-refractivity contribution in [3.05, 3.63) is 52.8 Å². The van der Waals surface area contributed by atoms with Gasteiger partial charge in [0, 0.05) is 29.6 Å². The lowest BCUT2D eigenvalue weighted by Crippen LogP contribution is -2.06. The van der Waals surface area contributed by atoms with Gasteiger partial charge in [-0.1, -0.05) is 6.07 Å². The van der Waals surface area contributed by atoms with E-state index >= 15 is 0 Å². The summed E-state index contributed by atoms with van der Waals surface area (Å²) in [6.07, 6.45) is 1.51. The number of aliphatic hydroxyl groups excluding tert-OH is 1. The van der Waals surface area contributed by atoms with Gasteiger partial charge >= 0.3 is 5.97 Å². The lowest BCUT2D eigenvalue weighted by molar-refractivity contribution is 0.0697. The number of aromatic hydroxyl groups is 1. The van der Waals surface area contributed by atoms with E-state index in [0.717, 1.165) is 0 Å². The molecule has 0 fully saturated rings. The molecule has 0 aliphatic heterocycles. The van der Waals surface area contributed by atoms with Crippen molar-refractivity contribution in [1.82, 2.24) is 4.98 Å². The average Bonchev–Trinajstić information content (AvgIpc) is 2.49. The summed E-state index contributed by atoms with van der Waals surface area (Å²) in [6, 6.07) is 6.37. The fraction of sp³-hybridized carbons (Fsp3) is 0.200. The van der Waals surface area contributed by atoms with Crippen molar-refractivity contribution < 1.29 is 20.1 Å². The minimum Gasteiger partial charge on any atom is -0.506 e. The standard InChI is InChI=1S/C15H16N2O4/c1-9-14(19)13(11(8-18)6-16-9)7-17-12-4-2-3-10(5-12)15(20)21/h2-6,17-19H,7-8H2,1H3,(H,20,21). The molecular weight excluding hydrogens is 272 g/mol. The van der Waals surface area contributed by atoms with Gasteiger partial charge in [0.2, 0.25) is 0 Å². The molecule has 6 heteroatoms. The molecule has 0 aliphatic carbocycles. The Morgan fingerprint density at radius 1 is 1.38 bits per heavy atom. The van der Waals surface area contributed by atoms with Crippen molar-refractivity contribution in [2.75, 3.05) is 5.32 Å². The van der Waals surface area contributed by atoms with Crippen molar-refractivity contribution in [2.24, 2.45) is 0 Å². The van der Waals surface area contributed by atoms with Crippen molar-refractivity contribution >= 4 is 11.7 Å². The third-order valence-corrected chi connectivity index (χ3v) is 3.18. The van der Waals surface area contributed by atoms with E-state index in [1.165, 1.54) is 18.3 Å². The topological polar surface area (TPSA) is 103 Å². The lowest BCUT2D eigenvalue weighted by atomic mass is 10.1. The van der Waals surface area contributed by atoms with E-state index in [1.807, 2.05) is 0 Å². The van der Waals surface area contributed by atoms with Crippen molar-refractivity contribution in [2.45, 2.75) is 20.1 Å². The predicted octanol–water partition coefficient (Wildman–Crippen LogP) is 1.90. The van der Waals surface area contributed by atoms with Crippen LogP contribution < -0.4 is 5.32 Å². The molecule has 0 saturated carbocycles. The van der Waals surface area contributed by atoms with Crippen LogP contribution in [0.2, 0.25) is 0 Å².